The van der Waals surface area contributed by atoms with Gasteiger partial charge in [-0.05, 0) is 31.0 Å². The van der Waals surface area contributed by atoms with Crippen LogP contribution in [0.1, 0.15) is 29.8 Å². The van der Waals surface area contributed by atoms with Crippen LogP contribution in [0.3, 0.4) is 0 Å². The average Bonchev–Trinajstić information content (AvgIpc) is 2.99. The molecule has 4 N–H and O–H groups in total. The lowest BCUT2D eigenvalue weighted by Crippen LogP contribution is -2.12. The first-order valence-electron chi connectivity index (χ1n) is 7.62. The van der Waals surface area contributed by atoms with E-state index in [1.54, 1.807) is 0 Å². The SMILES string of the molecule is CC(Nc1ncnc(N)c1C#N)c1cc2ccccn2c1C#CCO. The summed E-state index contributed by atoms with van der Waals surface area (Å²) < 4.78 is 1.95. The highest BCUT2D eigenvalue weighted by Gasteiger charge is 2.17. The van der Waals surface area contributed by atoms with Crippen LogP contribution in [0.4, 0.5) is 11.6 Å². The molecule has 25 heavy (non-hydrogen) atoms. The highest BCUT2D eigenvalue weighted by Crippen LogP contribution is 2.27. The van der Waals surface area contributed by atoms with Gasteiger partial charge >= 0.3 is 0 Å². The molecule has 3 heterocycles. The van der Waals surface area contributed by atoms with Gasteiger partial charge in [-0.25, -0.2) is 9.97 Å². The topological polar surface area (TPSA) is 112 Å². The van der Waals surface area contributed by atoms with Crippen molar-refractivity contribution < 1.29 is 5.11 Å². The molecule has 0 aliphatic rings. The number of anilines is 2. The highest BCUT2D eigenvalue weighted by atomic mass is 16.2. The number of nitrogens with zero attached hydrogens (tertiary/aromatic N) is 4. The molecule has 124 valence electrons. The molecule has 0 bridgehead atoms. The van der Waals surface area contributed by atoms with E-state index in [2.05, 4.69) is 27.1 Å². The Morgan fingerprint density at radius 1 is 1.40 bits per heavy atom. The van der Waals surface area contributed by atoms with E-state index in [0.717, 1.165) is 16.8 Å². The van der Waals surface area contributed by atoms with Crippen LogP contribution in [0.25, 0.3) is 5.52 Å². The predicted molar refractivity (Wildman–Crippen MR) is 94.6 cm³/mol. The first kappa shape index (κ1) is 16.3. The van der Waals surface area contributed by atoms with Crippen molar-refractivity contribution in [3.8, 4) is 17.9 Å². The molecule has 0 fully saturated rings. The van der Waals surface area contributed by atoms with Gasteiger partial charge in [0.2, 0.25) is 0 Å². The number of rotatable bonds is 3. The summed E-state index contributed by atoms with van der Waals surface area (Å²) in [6.45, 7) is 1.72. The fraction of sp³-hybridized carbons (Fsp3) is 0.167. The van der Waals surface area contributed by atoms with E-state index < -0.39 is 0 Å². The molecule has 3 aromatic rings. The van der Waals surface area contributed by atoms with E-state index in [1.807, 2.05) is 47.9 Å². The zero-order valence-electron chi connectivity index (χ0n) is 13.6. The number of aromatic nitrogens is 3. The third kappa shape index (κ3) is 3.09. The van der Waals surface area contributed by atoms with Crippen molar-refractivity contribution in [3.63, 3.8) is 0 Å². The Labute approximate surface area is 144 Å². The lowest BCUT2D eigenvalue weighted by molar-refractivity contribution is 0.350. The summed E-state index contributed by atoms with van der Waals surface area (Å²) in [4.78, 5) is 7.95. The number of nitrogens with one attached hydrogen (secondary N) is 1. The lowest BCUT2D eigenvalue weighted by atomic mass is 10.1. The molecule has 3 aromatic heterocycles. The Bertz CT molecular complexity index is 1020. The summed E-state index contributed by atoms with van der Waals surface area (Å²) in [7, 11) is 0. The smallest absolute Gasteiger partial charge is 0.150 e. The van der Waals surface area contributed by atoms with E-state index in [4.69, 9.17) is 10.8 Å². The highest BCUT2D eigenvalue weighted by molar-refractivity contribution is 5.64. The van der Waals surface area contributed by atoms with Crippen molar-refractivity contribution >= 4 is 17.2 Å². The normalized spacial score (nSPS) is 11.4. The molecule has 0 aliphatic heterocycles. The Balaban J connectivity index is 2.05. The van der Waals surface area contributed by atoms with Gasteiger partial charge in [0, 0.05) is 17.3 Å². The van der Waals surface area contributed by atoms with Crippen molar-refractivity contribution in [1.29, 1.82) is 5.26 Å². The molecule has 0 aromatic carbocycles. The van der Waals surface area contributed by atoms with Crippen molar-refractivity contribution in [1.82, 2.24) is 14.4 Å². The van der Waals surface area contributed by atoms with Crippen molar-refractivity contribution in [2.24, 2.45) is 0 Å². The minimum atomic E-state index is -0.220. The summed E-state index contributed by atoms with van der Waals surface area (Å²) in [5.41, 5.74) is 8.62. The van der Waals surface area contributed by atoms with E-state index in [9.17, 15) is 5.26 Å². The monoisotopic (exact) mass is 332 g/mol. The number of hydrogen-bond acceptors (Lipinski definition) is 6. The number of nitrogens with two attached hydrogens (primary N) is 1. The lowest BCUT2D eigenvalue weighted by Gasteiger charge is -2.15. The first-order valence-corrected chi connectivity index (χ1v) is 7.62. The van der Waals surface area contributed by atoms with Crippen LogP contribution in [0.2, 0.25) is 0 Å². The molecule has 0 radical (unpaired) electrons. The van der Waals surface area contributed by atoms with Crippen LogP contribution in [0, 0.1) is 23.2 Å². The van der Waals surface area contributed by atoms with Gasteiger partial charge < -0.3 is 20.6 Å². The van der Waals surface area contributed by atoms with Crippen LogP contribution in [0.15, 0.2) is 36.8 Å². The van der Waals surface area contributed by atoms with Crippen LogP contribution < -0.4 is 11.1 Å². The van der Waals surface area contributed by atoms with Gasteiger partial charge in [-0.1, -0.05) is 12.0 Å². The maximum absolute atomic E-state index is 9.26. The average molecular weight is 332 g/mol. The van der Waals surface area contributed by atoms with Gasteiger partial charge in [0.1, 0.15) is 41.9 Å². The van der Waals surface area contributed by atoms with E-state index >= 15 is 0 Å². The van der Waals surface area contributed by atoms with Gasteiger partial charge in [-0.15, -0.1) is 0 Å². The second-order valence-corrected chi connectivity index (χ2v) is 5.36. The van der Waals surface area contributed by atoms with Gasteiger partial charge in [-0.2, -0.15) is 5.26 Å². The summed E-state index contributed by atoms with van der Waals surface area (Å²) in [5.74, 6) is 6.19. The molecule has 0 spiro atoms. The molecular formula is C18H16N6O. The van der Waals surface area contributed by atoms with Crippen molar-refractivity contribution in [2.75, 3.05) is 17.7 Å². The molecule has 3 rings (SSSR count). The van der Waals surface area contributed by atoms with Crippen molar-refractivity contribution in [3.05, 3.63) is 53.6 Å². The fourth-order valence-electron chi connectivity index (χ4n) is 2.63. The molecule has 7 nitrogen and oxygen atoms in total. The van der Waals surface area contributed by atoms with E-state index in [0.29, 0.717) is 5.82 Å². The third-order valence-electron chi connectivity index (χ3n) is 3.80. The molecule has 1 unspecified atom stereocenters. The molecule has 7 heteroatoms. The quantitative estimate of drug-likeness (QED) is 0.629. The summed E-state index contributed by atoms with van der Waals surface area (Å²) in [6.07, 6.45) is 3.23. The van der Waals surface area contributed by atoms with Crippen LogP contribution in [-0.4, -0.2) is 26.1 Å². The number of aliphatic hydroxyl groups excluding tert-OH is 1. The van der Waals surface area contributed by atoms with Crippen LogP contribution in [0.5, 0.6) is 0 Å². The number of nitrogen functional groups attached to an aromatic ring is 1. The number of nitriles is 1. The molecular weight excluding hydrogens is 316 g/mol. The molecule has 0 aliphatic carbocycles. The van der Waals surface area contributed by atoms with Gasteiger partial charge in [0.25, 0.3) is 0 Å². The van der Waals surface area contributed by atoms with E-state index in [-0.39, 0.29) is 24.0 Å². The van der Waals surface area contributed by atoms with Crippen LogP contribution >= 0.6 is 0 Å². The molecule has 0 amide bonds. The minimum Gasteiger partial charge on any atom is -0.384 e. The molecule has 1 atom stereocenters. The zero-order valence-corrected chi connectivity index (χ0v) is 13.6. The Morgan fingerprint density at radius 3 is 3.00 bits per heavy atom. The third-order valence-corrected chi connectivity index (χ3v) is 3.80. The fourth-order valence-corrected chi connectivity index (χ4v) is 2.63. The zero-order chi connectivity index (χ0) is 17.8. The first-order chi connectivity index (χ1) is 12.2. The summed E-state index contributed by atoms with van der Waals surface area (Å²) in [6, 6.07) is 9.67. The van der Waals surface area contributed by atoms with Gasteiger partial charge in [0.15, 0.2) is 0 Å². The number of hydrogen-bond donors (Lipinski definition) is 3. The predicted octanol–water partition coefficient (Wildman–Crippen LogP) is 1.70. The second-order valence-electron chi connectivity index (χ2n) is 5.36. The van der Waals surface area contributed by atoms with Gasteiger partial charge in [0.05, 0.1) is 6.04 Å². The van der Waals surface area contributed by atoms with Gasteiger partial charge in [-0.3, -0.25) is 0 Å². The summed E-state index contributed by atoms with van der Waals surface area (Å²) in [5, 5.41) is 21.5. The molecule has 0 saturated carbocycles. The summed E-state index contributed by atoms with van der Waals surface area (Å²) >= 11 is 0. The number of aliphatic hydroxyl groups is 1. The Morgan fingerprint density at radius 2 is 2.24 bits per heavy atom. The van der Waals surface area contributed by atoms with E-state index in [1.165, 1.54) is 6.33 Å². The maximum atomic E-state index is 9.26. The van der Waals surface area contributed by atoms with Crippen molar-refractivity contribution in [2.45, 2.75) is 13.0 Å². The number of fused-ring (bicyclic) bond motifs is 1. The number of pyridine rings is 1. The largest absolute Gasteiger partial charge is 0.384 e. The minimum absolute atomic E-state index is 0.134. The molecule has 0 saturated heterocycles. The Hall–Kier alpha value is -3.55. The van der Waals surface area contributed by atoms with Crippen LogP contribution in [-0.2, 0) is 0 Å². The standard InChI is InChI=1S/C18H16N6O/c1-12(23-18-15(10-19)17(20)21-11-22-18)14-9-13-5-2-3-7-24(13)16(14)6-4-8-25/h2-3,5,7,9,11-12,25H,8H2,1H3,(H3,20,21,22,23). The Kier molecular flexibility index (Phi) is 4.51. The maximum Gasteiger partial charge on any atom is 0.150 e. The second kappa shape index (κ2) is 6.91.